The third kappa shape index (κ3) is 4.72. The van der Waals surface area contributed by atoms with E-state index in [2.05, 4.69) is 16.3 Å². The maximum atomic E-state index is 13.2. The zero-order chi connectivity index (χ0) is 17.6. The third-order valence-electron chi connectivity index (χ3n) is 4.55. The summed E-state index contributed by atoms with van der Waals surface area (Å²) in [7, 11) is 1.67. The fraction of sp³-hybridized carbons (Fsp3) is 0.350. The molecule has 1 saturated heterocycles. The summed E-state index contributed by atoms with van der Waals surface area (Å²) in [6, 6.07) is 14.2. The van der Waals surface area contributed by atoms with E-state index in [9.17, 15) is 9.18 Å². The van der Waals surface area contributed by atoms with Crippen LogP contribution in [0.2, 0.25) is 0 Å². The molecule has 0 unspecified atom stereocenters. The number of anilines is 1. The van der Waals surface area contributed by atoms with Crippen LogP contribution in [0.3, 0.4) is 0 Å². The summed E-state index contributed by atoms with van der Waals surface area (Å²) < 4.78 is 18.4. The number of hydrogen-bond donors (Lipinski definition) is 1. The molecule has 1 aliphatic rings. The molecule has 1 aliphatic heterocycles. The number of benzene rings is 2. The number of rotatable bonds is 6. The minimum atomic E-state index is -0.310. The van der Waals surface area contributed by atoms with E-state index in [1.54, 1.807) is 19.2 Å². The first-order valence-electron chi connectivity index (χ1n) is 8.54. The van der Waals surface area contributed by atoms with Crippen LogP contribution in [0.15, 0.2) is 48.5 Å². The zero-order valence-corrected chi connectivity index (χ0v) is 14.4. The molecule has 25 heavy (non-hydrogen) atoms. The Bertz CT molecular complexity index is 735. The highest BCUT2D eigenvalue weighted by Crippen LogP contribution is 2.26. The fourth-order valence-corrected chi connectivity index (χ4v) is 3.19. The van der Waals surface area contributed by atoms with Gasteiger partial charge < -0.3 is 15.0 Å². The smallest absolute Gasteiger partial charge is 0.224 e. The second kappa shape index (κ2) is 8.01. The lowest BCUT2D eigenvalue weighted by Gasteiger charge is -2.19. The standard InChI is InChI=1S/C20H23FN2O2/c1-25-19-7-3-6-18(12-19)23-9-8-16(14-23)13-22-20(24)11-15-4-2-5-17(21)10-15/h2-7,10,12,16H,8-9,11,13-14H2,1H3,(H,22,24)/t16-/m0/s1. The van der Waals surface area contributed by atoms with E-state index in [4.69, 9.17) is 4.74 Å². The monoisotopic (exact) mass is 342 g/mol. The van der Waals surface area contributed by atoms with E-state index in [0.29, 0.717) is 18.0 Å². The van der Waals surface area contributed by atoms with Crippen LogP contribution in [0, 0.1) is 11.7 Å². The summed E-state index contributed by atoms with van der Waals surface area (Å²) in [5.41, 5.74) is 1.84. The second-order valence-electron chi connectivity index (χ2n) is 6.41. The van der Waals surface area contributed by atoms with Crippen LogP contribution >= 0.6 is 0 Å². The maximum absolute atomic E-state index is 13.2. The Morgan fingerprint density at radius 1 is 1.28 bits per heavy atom. The molecule has 5 heteroatoms. The number of methoxy groups -OCH3 is 1. The number of nitrogens with one attached hydrogen (secondary N) is 1. The van der Waals surface area contributed by atoms with Crippen molar-refractivity contribution < 1.29 is 13.9 Å². The largest absolute Gasteiger partial charge is 0.497 e. The quantitative estimate of drug-likeness (QED) is 0.877. The van der Waals surface area contributed by atoms with Crippen molar-refractivity contribution in [1.82, 2.24) is 5.32 Å². The number of carbonyl (C=O) groups excluding carboxylic acids is 1. The van der Waals surface area contributed by atoms with Crippen molar-refractivity contribution in [2.24, 2.45) is 5.92 Å². The van der Waals surface area contributed by atoms with Gasteiger partial charge in [0.2, 0.25) is 5.91 Å². The van der Waals surface area contributed by atoms with Gasteiger partial charge in [-0.15, -0.1) is 0 Å². The lowest BCUT2D eigenvalue weighted by molar-refractivity contribution is -0.120. The third-order valence-corrected chi connectivity index (χ3v) is 4.55. The van der Waals surface area contributed by atoms with Gasteiger partial charge in [-0.25, -0.2) is 4.39 Å². The topological polar surface area (TPSA) is 41.6 Å². The van der Waals surface area contributed by atoms with Gasteiger partial charge in [0.1, 0.15) is 11.6 Å². The Hall–Kier alpha value is -2.56. The van der Waals surface area contributed by atoms with Crippen LogP contribution in [-0.4, -0.2) is 32.7 Å². The summed E-state index contributed by atoms with van der Waals surface area (Å²) in [5.74, 6) is 0.896. The van der Waals surface area contributed by atoms with Crippen molar-refractivity contribution in [1.29, 1.82) is 0 Å². The summed E-state index contributed by atoms with van der Waals surface area (Å²) in [6.07, 6.45) is 1.25. The molecule has 0 aromatic heterocycles. The van der Waals surface area contributed by atoms with Crippen LogP contribution in [0.4, 0.5) is 10.1 Å². The molecule has 0 bridgehead atoms. The first kappa shape index (κ1) is 17.3. The summed E-state index contributed by atoms with van der Waals surface area (Å²) in [6.45, 7) is 2.53. The molecule has 1 N–H and O–H groups in total. The lowest BCUT2D eigenvalue weighted by Crippen LogP contribution is -2.32. The van der Waals surface area contributed by atoms with Gasteiger partial charge in [0.05, 0.1) is 13.5 Å². The average Bonchev–Trinajstić information content (AvgIpc) is 3.09. The van der Waals surface area contributed by atoms with Crippen molar-refractivity contribution in [3.05, 3.63) is 59.9 Å². The van der Waals surface area contributed by atoms with Crippen LogP contribution in [0.25, 0.3) is 0 Å². The molecular weight excluding hydrogens is 319 g/mol. The molecule has 1 atom stereocenters. The van der Waals surface area contributed by atoms with Crippen LogP contribution < -0.4 is 15.0 Å². The molecule has 0 saturated carbocycles. The predicted octanol–water partition coefficient (Wildman–Crippen LogP) is 3.02. The number of ether oxygens (including phenoxy) is 1. The molecule has 4 nitrogen and oxygen atoms in total. The number of halogens is 1. The van der Waals surface area contributed by atoms with Gasteiger partial charge in [-0.1, -0.05) is 18.2 Å². The van der Waals surface area contributed by atoms with Gasteiger partial charge in [0.25, 0.3) is 0 Å². The van der Waals surface area contributed by atoms with E-state index in [1.165, 1.54) is 12.1 Å². The molecule has 1 amide bonds. The van der Waals surface area contributed by atoms with Crippen LogP contribution in [-0.2, 0) is 11.2 Å². The molecule has 2 aromatic carbocycles. The van der Waals surface area contributed by atoms with Gasteiger partial charge in [-0.2, -0.15) is 0 Å². The number of hydrogen-bond acceptors (Lipinski definition) is 3. The summed E-state index contributed by atoms with van der Waals surface area (Å²) >= 11 is 0. The van der Waals surface area contributed by atoms with Crippen molar-refractivity contribution >= 4 is 11.6 Å². The average molecular weight is 342 g/mol. The minimum Gasteiger partial charge on any atom is -0.497 e. The molecule has 0 aliphatic carbocycles. The summed E-state index contributed by atoms with van der Waals surface area (Å²) in [4.78, 5) is 14.4. The molecule has 0 radical (unpaired) electrons. The van der Waals surface area contributed by atoms with E-state index in [0.717, 1.165) is 30.9 Å². The van der Waals surface area contributed by atoms with Crippen molar-refractivity contribution in [3.63, 3.8) is 0 Å². The van der Waals surface area contributed by atoms with Gasteiger partial charge in [-0.3, -0.25) is 4.79 Å². The Morgan fingerprint density at radius 3 is 2.92 bits per heavy atom. The second-order valence-corrected chi connectivity index (χ2v) is 6.41. The highest BCUT2D eigenvalue weighted by molar-refractivity contribution is 5.78. The number of nitrogens with zero attached hydrogens (tertiary/aromatic N) is 1. The first-order valence-corrected chi connectivity index (χ1v) is 8.54. The molecule has 3 rings (SSSR count). The van der Waals surface area contributed by atoms with Gasteiger partial charge in [0.15, 0.2) is 0 Å². The molecule has 132 valence electrons. The molecule has 1 fully saturated rings. The van der Waals surface area contributed by atoms with Gasteiger partial charge >= 0.3 is 0 Å². The minimum absolute atomic E-state index is 0.0644. The number of amides is 1. The zero-order valence-electron chi connectivity index (χ0n) is 14.4. The van der Waals surface area contributed by atoms with Crippen molar-refractivity contribution in [3.8, 4) is 5.75 Å². The van der Waals surface area contributed by atoms with Crippen molar-refractivity contribution in [2.75, 3.05) is 31.6 Å². The maximum Gasteiger partial charge on any atom is 0.224 e. The summed E-state index contributed by atoms with van der Waals surface area (Å²) in [5, 5.41) is 2.97. The first-order chi connectivity index (χ1) is 12.1. The fourth-order valence-electron chi connectivity index (χ4n) is 3.19. The highest BCUT2D eigenvalue weighted by atomic mass is 19.1. The van der Waals surface area contributed by atoms with E-state index >= 15 is 0 Å². The molecule has 2 aromatic rings. The molecular formula is C20H23FN2O2. The molecule has 0 spiro atoms. The molecule has 1 heterocycles. The number of carbonyl (C=O) groups is 1. The van der Waals surface area contributed by atoms with Crippen LogP contribution in [0.1, 0.15) is 12.0 Å². The van der Waals surface area contributed by atoms with Gasteiger partial charge in [0, 0.05) is 31.4 Å². The van der Waals surface area contributed by atoms with Crippen LogP contribution in [0.5, 0.6) is 5.75 Å². The Kier molecular flexibility index (Phi) is 5.53. The van der Waals surface area contributed by atoms with Crippen molar-refractivity contribution in [2.45, 2.75) is 12.8 Å². The lowest BCUT2D eigenvalue weighted by atomic mass is 10.1. The van der Waals surface area contributed by atoms with E-state index in [-0.39, 0.29) is 18.1 Å². The SMILES string of the molecule is COc1cccc(N2CC[C@@H](CNC(=O)Cc3cccc(F)c3)C2)c1. The van der Waals surface area contributed by atoms with E-state index in [1.807, 2.05) is 18.2 Å². The Labute approximate surface area is 147 Å². The highest BCUT2D eigenvalue weighted by Gasteiger charge is 2.23. The van der Waals surface area contributed by atoms with Gasteiger partial charge in [-0.05, 0) is 42.2 Å². The normalized spacial score (nSPS) is 16.7. The van der Waals surface area contributed by atoms with E-state index < -0.39 is 0 Å². The Balaban J connectivity index is 1.47. The predicted molar refractivity (Wildman–Crippen MR) is 96.4 cm³/mol. The Morgan fingerprint density at radius 2 is 2.12 bits per heavy atom.